The van der Waals surface area contributed by atoms with E-state index in [1.807, 2.05) is 0 Å². The van der Waals surface area contributed by atoms with Gasteiger partial charge in [0.15, 0.2) is 5.03 Å². The Morgan fingerprint density at radius 1 is 1.63 bits per heavy atom. The minimum absolute atomic E-state index is 0.0507. The number of rotatable bonds is 8. The number of ether oxygens (including phenoxy) is 1. The van der Waals surface area contributed by atoms with Gasteiger partial charge in [-0.15, -0.1) is 0 Å². The summed E-state index contributed by atoms with van der Waals surface area (Å²) in [5.74, 6) is -1.39. The first kappa shape index (κ1) is 15.6. The number of carboxylic acids is 1. The lowest BCUT2D eigenvalue weighted by Crippen LogP contribution is -2.29. The van der Waals surface area contributed by atoms with Crippen LogP contribution in [0.15, 0.2) is 11.2 Å². The van der Waals surface area contributed by atoms with E-state index in [1.54, 1.807) is 0 Å². The summed E-state index contributed by atoms with van der Waals surface area (Å²) in [5, 5.41) is 23.1. The maximum absolute atomic E-state index is 11.8. The molecule has 0 spiro atoms. The number of aliphatic hydroxyl groups is 1. The van der Waals surface area contributed by atoms with Crippen LogP contribution in [0.1, 0.15) is 16.8 Å². The molecule has 0 aromatic carbocycles. The summed E-state index contributed by atoms with van der Waals surface area (Å²) < 4.78 is 30.5. The van der Waals surface area contributed by atoms with E-state index in [-0.39, 0.29) is 19.6 Å². The summed E-state index contributed by atoms with van der Waals surface area (Å²) in [4.78, 5) is 10.8. The van der Waals surface area contributed by atoms with Gasteiger partial charge in [-0.3, -0.25) is 5.10 Å². The van der Waals surface area contributed by atoms with Crippen LogP contribution in [-0.4, -0.2) is 61.2 Å². The predicted molar refractivity (Wildman–Crippen MR) is 63.2 cm³/mol. The number of nitrogens with one attached hydrogen (secondary N) is 2. The van der Waals surface area contributed by atoms with Crippen molar-refractivity contribution >= 4 is 16.0 Å². The van der Waals surface area contributed by atoms with Crippen molar-refractivity contribution in [1.29, 1.82) is 0 Å². The predicted octanol–water partition coefficient (Wildman–Crippen LogP) is -1.22. The van der Waals surface area contributed by atoms with Crippen LogP contribution in [0.3, 0.4) is 0 Å². The van der Waals surface area contributed by atoms with Crippen molar-refractivity contribution in [3.05, 3.63) is 11.8 Å². The van der Waals surface area contributed by atoms with E-state index in [0.29, 0.717) is 0 Å². The summed E-state index contributed by atoms with van der Waals surface area (Å²) in [6.07, 6.45) is 0.258. The van der Waals surface area contributed by atoms with Crippen LogP contribution < -0.4 is 4.72 Å². The molecular weight excluding hydrogens is 278 g/mol. The normalized spacial score (nSPS) is 13.4. The SMILES string of the molecule is COCC(O)CCNS(=O)(=O)c1[nH]ncc1C(=O)O. The standard InChI is InChI=1S/C9H15N3O6S/c1-18-5-6(13)2-3-11-19(16,17)8-7(9(14)15)4-10-12-8/h4,6,11,13H,2-3,5H2,1H3,(H,10,12)(H,14,15). The molecule has 0 saturated carbocycles. The van der Waals surface area contributed by atoms with E-state index in [0.717, 1.165) is 6.20 Å². The van der Waals surface area contributed by atoms with Crippen LogP contribution in [0.25, 0.3) is 0 Å². The second kappa shape index (κ2) is 6.61. The number of hydrogen-bond donors (Lipinski definition) is 4. The van der Waals surface area contributed by atoms with E-state index < -0.39 is 32.7 Å². The lowest BCUT2D eigenvalue weighted by Gasteiger charge is -2.10. The van der Waals surface area contributed by atoms with Gasteiger partial charge in [-0.25, -0.2) is 17.9 Å². The molecule has 0 amide bonds. The van der Waals surface area contributed by atoms with Crippen molar-refractivity contribution in [2.75, 3.05) is 20.3 Å². The van der Waals surface area contributed by atoms with Gasteiger partial charge in [0.2, 0.25) is 0 Å². The fourth-order valence-electron chi connectivity index (χ4n) is 1.34. The summed E-state index contributed by atoms with van der Waals surface area (Å²) in [6.45, 7) is 0.0388. The highest BCUT2D eigenvalue weighted by atomic mass is 32.2. The van der Waals surface area contributed by atoms with Gasteiger partial charge in [0, 0.05) is 13.7 Å². The summed E-state index contributed by atoms with van der Waals surface area (Å²) >= 11 is 0. The highest BCUT2D eigenvalue weighted by molar-refractivity contribution is 7.89. The Labute approximate surface area is 109 Å². The molecule has 0 bridgehead atoms. The Balaban J connectivity index is 2.66. The van der Waals surface area contributed by atoms with Gasteiger partial charge in [0.05, 0.1) is 18.9 Å². The summed E-state index contributed by atoms with van der Waals surface area (Å²) in [7, 11) is -2.59. The molecule has 9 nitrogen and oxygen atoms in total. The fourth-order valence-corrected chi connectivity index (χ4v) is 2.47. The first-order valence-electron chi connectivity index (χ1n) is 5.31. The van der Waals surface area contributed by atoms with Gasteiger partial charge in [-0.1, -0.05) is 0 Å². The Bertz CT molecular complexity index is 526. The van der Waals surface area contributed by atoms with Crippen molar-refractivity contribution in [3.63, 3.8) is 0 Å². The smallest absolute Gasteiger partial charge is 0.340 e. The lowest BCUT2D eigenvalue weighted by atomic mass is 10.3. The Morgan fingerprint density at radius 3 is 2.89 bits per heavy atom. The van der Waals surface area contributed by atoms with E-state index >= 15 is 0 Å². The van der Waals surface area contributed by atoms with Gasteiger partial charge in [0.25, 0.3) is 10.0 Å². The van der Waals surface area contributed by atoms with E-state index in [4.69, 9.17) is 5.11 Å². The Kier molecular flexibility index (Phi) is 5.42. The third-order valence-corrected chi connectivity index (χ3v) is 3.67. The molecule has 0 aliphatic rings. The van der Waals surface area contributed by atoms with Crippen molar-refractivity contribution < 1.29 is 28.2 Å². The molecule has 19 heavy (non-hydrogen) atoms. The van der Waals surface area contributed by atoms with Crippen LogP contribution in [0.2, 0.25) is 0 Å². The zero-order valence-corrected chi connectivity index (χ0v) is 11.0. The minimum Gasteiger partial charge on any atom is -0.478 e. The number of H-pyrrole nitrogens is 1. The molecule has 0 saturated heterocycles. The second-order valence-corrected chi connectivity index (χ2v) is 5.42. The average Bonchev–Trinajstić information content (AvgIpc) is 2.78. The summed E-state index contributed by atoms with van der Waals surface area (Å²) in [6, 6.07) is 0. The highest BCUT2D eigenvalue weighted by Gasteiger charge is 2.24. The lowest BCUT2D eigenvalue weighted by molar-refractivity contribution is 0.0603. The van der Waals surface area contributed by atoms with Gasteiger partial charge in [-0.05, 0) is 6.42 Å². The third kappa shape index (κ3) is 4.28. The zero-order chi connectivity index (χ0) is 14.5. The molecule has 1 unspecified atom stereocenters. The van der Waals surface area contributed by atoms with E-state index in [9.17, 15) is 18.3 Å². The highest BCUT2D eigenvalue weighted by Crippen LogP contribution is 2.11. The van der Waals surface area contributed by atoms with Crippen LogP contribution in [0, 0.1) is 0 Å². The number of hydrogen-bond acceptors (Lipinski definition) is 6. The molecule has 1 aromatic heterocycles. The van der Waals surface area contributed by atoms with Crippen molar-refractivity contribution in [1.82, 2.24) is 14.9 Å². The topological polar surface area (TPSA) is 142 Å². The molecule has 4 N–H and O–H groups in total. The number of aromatic nitrogens is 2. The maximum atomic E-state index is 11.8. The summed E-state index contributed by atoms with van der Waals surface area (Å²) in [5.41, 5.74) is -0.440. The molecule has 0 fully saturated rings. The Hall–Kier alpha value is -1.49. The van der Waals surface area contributed by atoms with Crippen molar-refractivity contribution in [3.8, 4) is 0 Å². The molecule has 1 aromatic rings. The first-order valence-corrected chi connectivity index (χ1v) is 6.80. The number of nitrogens with zero attached hydrogens (tertiary/aromatic N) is 1. The molecule has 108 valence electrons. The van der Waals surface area contributed by atoms with E-state index in [2.05, 4.69) is 19.7 Å². The molecular formula is C9H15N3O6S. The number of aromatic carboxylic acids is 1. The second-order valence-electron chi connectivity index (χ2n) is 3.71. The number of carboxylic acid groups (broad SMARTS) is 1. The van der Waals surface area contributed by atoms with Gasteiger partial charge in [-0.2, -0.15) is 5.10 Å². The van der Waals surface area contributed by atoms with E-state index in [1.165, 1.54) is 7.11 Å². The maximum Gasteiger partial charge on any atom is 0.340 e. The van der Waals surface area contributed by atoms with Crippen molar-refractivity contribution in [2.24, 2.45) is 0 Å². The van der Waals surface area contributed by atoms with Crippen molar-refractivity contribution in [2.45, 2.75) is 17.6 Å². The first-order chi connectivity index (χ1) is 8.88. The van der Waals surface area contributed by atoms with Gasteiger partial charge in [0.1, 0.15) is 5.56 Å². The minimum atomic E-state index is -4.00. The molecule has 0 radical (unpaired) electrons. The number of aromatic amines is 1. The quantitative estimate of drug-likeness (QED) is 0.471. The molecule has 1 rings (SSSR count). The monoisotopic (exact) mass is 293 g/mol. The van der Waals surface area contributed by atoms with Crippen LogP contribution in [0.5, 0.6) is 0 Å². The Morgan fingerprint density at radius 2 is 2.32 bits per heavy atom. The third-order valence-electron chi connectivity index (χ3n) is 2.23. The molecule has 0 aliphatic heterocycles. The fraction of sp³-hybridized carbons (Fsp3) is 0.556. The van der Waals surface area contributed by atoms with Gasteiger partial charge >= 0.3 is 5.97 Å². The zero-order valence-electron chi connectivity index (χ0n) is 10.2. The van der Waals surface area contributed by atoms with Crippen LogP contribution in [-0.2, 0) is 14.8 Å². The number of sulfonamides is 1. The number of carbonyl (C=O) groups is 1. The number of methoxy groups -OCH3 is 1. The molecule has 1 heterocycles. The van der Waals surface area contributed by atoms with Crippen LogP contribution >= 0.6 is 0 Å². The average molecular weight is 293 g/mol. The molecule has 0 aliphatic carbocycles. The largest absolute Gasteiger partial charge is 0.478 e. The van der Waals surface area contributed by atoms with Gasteiger partial charge < -0.3 is 14.9 Å². The van der Waals surface area contributed by atoms with Crippen LogP contribution in [0.4, 0.5) is 0 Å². The molecule has 1 atom stereocenters. The molecule has 10 heteroatoms. The number of aliphatic hydroxyl groups excluding tert-OH is 1.